The van der Waals surface area contributed by atoms with E-state index < -0.39 is 6.10 Å². The van der Waals surface area contributed by atoms with Crippen molar-refractivity contribution in [3.05, 3.63) is 28.8 Å². The van der Waals surface area contributed by atoms with Crippen molar-refractivity contribution in [2.24, 2.45) is 0 Å². The van der Waals surface area contributed by atoms with Gasteiger partial charge in [0.1, 0.15) is 6.10 Å². The lowest BCUT2D eigenvalue weighted by Crippen LogP contribution is -2.45. The minimum absolute atomic E-state index is 0.00220. The molecule has 102 valence electrons. The molecule has 1 fully saturated rings. The second kappa shape index (κ2) is 6.04. The van der Waals surface area contributed by atoms with Gasteiger partial charge >= 0.3 is 0 Å². The largest absolute Gasteiger partial charge is 0.366 e. The standard InChI is InChI=1S/C13H15ClN2O3/c1-8-9(14)3-2-4-10(8)16-12(17)7-11-13(18)15-5-6-19-11/h2-4,11H,5-7H2,1H3,(H,15,18)(H,16,17)/t11-/m1/s1. The molecular formula is C13H15ClN2O3. The van der Waals surface area contributed by atoms with Crippen LogP contribution in [0.4, 0.5) is 5.69 Å². The van der Waals surface area contributed by atoms with Crippen LogP contribution in [0.2, 0.25) is 5.02 Å². The van der Waals surface area contributed by atoms with Crippen LogP contribution in [0.15, 0.2) is 18.2 Å². The van der Waals surface area contributed by atoms with Crippen molar-refractivity contribution in [2.75, 3.05) is 18.5 Å². The van der Waals surface area contributed by atoms with E-state index in [1.807, 2.05) is 6.92 Å². The molecule has 1 aliphatic heterocycles. The number of amides is 2. The van der Waals surface area contributed by atoms with Gasteiger partial charge in [0.05, 0.1) is 13.0 Å². The lowest BCUT2D eigenvalue weighted by molar-refractivity contribution is -0.141. The predicted octanol–water partition coefficient (Wildman–Crippen LogP) is 1.49. The lowest BCUT2D eigenvalue weighted by Gasteiger charge is -2.22. The maximum atomic E-state index is 11.9. The first kappa shape index (κ1) is 13.8. The van der Waals surface area contributed by atoms with Crippen LogP contribution in [-0.2, 0) is 14.3 Å². The molecule has 0 aliphatic carbocycles. The third-order valence-corrected chi connectivity index (χ3v) is 3.33. The van der Waals surface area contributed by atoms with E-state index in [1.165, 1.54) is 0 Å². The Morgan fingerprint density at radius 2 is 2.37 bits per heavy atom. The topological polar surface area (TPSA) is 67.4 Å². The summed E-state index contributed by atoms with van der Waals surface area (Å²) in [6, 6.07) is 5.28. The zero-order valence-electron chi connectivity index (χ0n) is 10.5. The molecule has 6 heteroatoms. The van der Waals surface area contributed by atoms with E-state index in [2.05, 4.69) is 10.6 Å². The van der Waals surface area contributed by atoms with E-state index in [0.717, 1.165) is 5.56 Å². The molecule has 0 spiro atoms. The zero-order chi connectivity index (χ0) is 13.8. The average molecular weight is 283 g/mol. The van der Waals surface area contributed by atoms with Crippen LogP contribution < -0.4 is 10.6 Å². The third-order valence-electron chi connectivity index (χ3n) is 2.93. The summed E-state index contributed by atoms with van der Waals surface area (Å²) in [5.74, 6) is -0.517. The van der Waals surface area contributed by atoms with E-state index in [9.17, 15) is 9.59 Å². The SMILES string of the molecule is Cc1c(Cl)cccc1NC(=O)C[C@H]1OCCNC1=O. The van der Waals surface area contributed by atoms with Gasteiger partial charge in [0.15, 0.2) is 0 Å². The molecule has 0 unspecified atom stereocenters. The van der Waals surface area contributed by atoms with Crippen LogP contribution in [0, 0.1) is 6.92 Å². The van der Waals surface area contributed by atoms with Gasteiger partial charge in [-0.15, -0.1) is 0 Å². The molecule has 2 N–H and O–H groups in total. The number of morpholine rings is 1. The Kier molecular flexibility index (Phi) is 4.39. The van der Waals surface area contributed by atoms with E-state index in [1.54, 1.807) is 18.2 Å². The summed E-state index contributed by atoms with van der Waals surface area (Å²) in [5.41, 5.74) is 1.44. The Balaban J connectivity index is 1.97. The van der Waals surface area contributed by atoms with Gasteiger partial charge in [-0.25, -0.2) is 0 Å². The molecule has 1 saturated heterocycles. The number of hydrogen-bond donors (Lipinski definition) is 2. The first-order valence-corrected chi connectivity index (χ1v) is 6.40. The van der Waals surface area contributed by atoms with Crippen LogP contribution >= 0.6 is 11.6 Å². The highest BCUT2D eigenvalue weighted by Crippen LogP contribution is 2.23. The molecule has 2 rings (SSSR count). The van der Waals surface area contributed by atoms with Gasteiger partial charge < -0.3 is 15.4 Å². The lowest BCUT2D eigenvalue weighted by atomic mass is 10.1. The highest BCUT2D eigenvalue weighted by molar-refractivity contribution is 6.31. The number of benzene rings is 1. The Morgan fingerprint density at radius 1 is 1.58 bits per heavy atom. The van der Waals surface area contributed by atoms with Crippen LogP contribution in [0.5, 0.6) is 0 Å². The van der Waals surface area contributed by atoms with Crippen molar-refractivity contribution < 1.29 is 14.3 Å². The molecule has 1 aromatic rings. The van der Waals surface area contributed by atoms with Gasteiger partial charge in [-0.05, 0) is 24.6 Å². The van der Waals surface area contributed by atoms with Crippen molar-refractivity contribution >= 4 is 29.1 Å². The number of carbonyl (C=O) groups is 2. The highest BCUT2D eigenvalue weighted by Gasteiger charge is 2.25. The van der Waals surface area contributed by atoms with Gasteiger partial charge in [0.25, 0.3) is 0 Å². The number of halogens is 1. The summed E-state index contributed by atoms with van der Waals surface area (Å²) in [6.45, 7) is 2.74. The number of nitrogens with one attached hydrogen (secondary N) is 2. The molecule has 5 nitrogen and oxygen atoms in total. The van der Waals surface area contributed by atoms with Gasteiger partial charge in [0.2, 0.25) is 11.8 Å². The number of anilines is 1. The minimum Gasteiger partial charge on any atom is -0.366 e. The van der Waals surface area contributed by atoms with Crippen molar-refractivity contribution in [2.45, 2.75) is 19.4 Å². The molecule has 1 aromatic carbocycles. The van der Waals surface area contributed by atoms with Crippen LogP contribution in [0.3, 0.4) is 0 Å². The second-order valence-electron chi connectivity index (χ2n) is 4.32. The van der Waals surface area contributed by atoms with Gasteiger partial charge in [0, 0.05) is 17.3 Å². The molecule has 19 heavy (non-hydrogen) atoms. The third kappa shape index (κ3) is 3.45. The van der Waals surface area contributed by atoms with Crippen molar-refractivity contribution in [1.82, 2.24) is 5.32 Å². The molecular weight excluding hydrogens is 268 g/mol. The van der Waals surface area contributed by atoms with Crippen LogP contribution in [0.1, 0.15) is 12.0 Å². The predicted molar refractivity (Wildman–Crippen MR) is 72.2 cm³/mol. The quantitative estimate of drug-likeness (QED) is 0.883. The number of hydrogen-bond acceptors (Lipinski definition) is 3. The van der Waals surface area contributed by atoms with Gasteiger partial charge in [-0.1, -0.05) is 17.7 Å². The van der Waals surface area contributed by atoms with E-state index in [4.69, 9.17) is 16.3 Å². The fraction of sp³-hybridized carbons (Fsp3) is 0.385. The zero-order valence-corrected chi connectivity index (χ0v) is 11.3. The van der Waals surface area contributed by atoms with Gasteiger partial charge in [-0.3, -0.25) is 9.59 Å². The molecule has 1 heterocycles. The fourth-order valence-corrected chi connectivity index (χ4v) is 2.00. The molecule has 1 aliphatic rings. The monoisotopic (exact) mass is 282 g/mol. The molecule has 0 aromatic heterocycles. The first-order chi connectivity index (χ1) is 9.08. The van der Waals surface area contributed by atoms with Crippen molar-refractivity contribution in [3.63, 3.8) is 0 Å². The summed E-state index contributed by atoms with van der Waals surface area (Å²) in [7, 11) is 0. The average Bonchev–Trinajstić information content (AvgIpc) is 2.38. The second-order valence-corrected chi connectivity index (χ2v) is 4.72. The maximum absolute atomic E-state index is 11.9. The maximum Gasteiger partial charge on any atom is 0.249 e. The van der Waals surface area contributed by atoms with Gasteiger partial charge in [-0.2, -0.15) is 0 Å². The molecule has 0 saturated carbocycles. The summed E-state index contributed by atoms with van der Waals surface area (Å²) in [5, 5.41) is 5.98. The Labute approximate surface area is 116 Å². The van der Waals surface area contributed by atoms with Crippen LogP contribution in [-0.4, -0.2) is 31.1 Å². The number of ether oxygens (including phenoxy) is 1. The summed E-state index contributed by atoms with van der Waals surface area (Å²) in [4.78, 5) is 23.3. The molecule has 2 amide bonds. The molecule has 0 bridgehead atoms. The van der Waals surface area contributed by atoms with Crippen molar-refractivity contribution in [1.29, 1.82) is 0 Å². The highest BCUT2D eigenvalue weighted by atomic mass is 35.5. The van der Waals surface area contributed by atoms with Crippen molar-refractivity contribution in [3.8, 4) is 0 Å². The normalized spacial score (nSPS) is 18.8. The number of rotatable bonds is 3. The van der Waals surface area contributed by atoms with E-state index >= 15 is 0 Å². The summed E-state index contributed by atoms with van der Waals surface area (Å²) < 4.78 is 5.25. The fourth-order valence-electron chi connectivity index (χ4n) is 1.83. The Hall–Kier alpha value is -1.59. The van der Waals surface area contributed by atoms with Crippen LogP contribution in [0.25, 0.3) is 0 Å². The molecule has 0 radical (unpaired) electrons. The smallest absolute Gasteiger partial charge is 0.249 e. The molecule has 1 atom stereocenters. The summed E-state index contributed by atoms with van der Waals surface area (Å²) >= 11 is 5.97. The summed E-state index contributed by atoms with van der Waals surface area (Å²) in [6.07, 6.45) is -0.717. The Morgan fingerprint density at radius 3 is 3.11 bits per heavy atom. The van der Waals surface area contributed by atoms with E-state index in [0.29, 0.717) is 23.9 Å². The first-order valence-electron chi connectivity index (χ1n) is 6.02. The Bertz CT molecular complexity index is 505. The minimum atomic E-state index is -0.715. The number of carbonyl (C=O) groups excluding carboxylic acids is 2. The van der Waals surface area contributed by atoms with E-state index in [-0.39, 0.29) is 18.2 Å².